The van der Waals surface area contributed by atoms with Crippen molar-refractivity contribution in [1.29, 1.82) is 0 Å². The van der Waals surface area contributed by atoms with Crippen LogP contribution < -0.4 is 14.9 Å². The molecule has 5 nitrogen and oxygen atoms in total. The number of fused-ring (bicyclic) bond motifs is 1. The van der Waals surface area contributed by atoms with Crippen LogP contribution in [0.15, 0.2) is 62.4 Å². The Bertz CT molecular complexity index is 1030. The van der Waals surface area contributed by atoms with Gasteiger partial charge in [0.25, 0.3) is 0 Å². The van der Waals surface area contributed by atoms with Gasteiger partial charge in [0.05, 0.1) is 15.3 Å². The van der Waals surface area contributed by atoms with E-state index in [1.807, 2.05) is 12.1 Å². The highest BCUT2D eigenvalue weighted by Gasteiger charge is 2.24. The summed E-state index contributed by atoms with van der Waals surface area (Å²) < 4.78 is 17.2. The van der Waals surface area contributed by atoms with E-state index >= 15 is 0 Å². The molecule has 0 saturated carbocycles. The van der Waals surface area contributed by atoms with Gasteiger partial charge in [-0.2, -0.15) is 0 Å². The molecule has 1 aromatic heterocycles. The summed E-state index contributed by atoms with van der Waals surface area (Å²) in [5.74, 6) is 0.534. The van der Waals surface area contributed by atoms with Gasteiger partial charge in [-0.05, 0) is 61.0 Å². The van der Waals surface area contributed by atoms with Crippen molar-refractivity contribution in [3.05, 3.63) is 63.4 Å². The number of carbonyl (C=O) groups excluding carboxylic acids is 1. The van der Waals surface area contributed by atoms with E-state index in [-0.39, 0.29) is 17.1 Å². The van der Waals surface area contributed by atoms with Crippen molar-refractivity contribution in [3.8, 4) is 17.2 Å². The van der Waals surface area contributed by atoms with Crippen molar-refractivity contribution < 1.29 is 18.7 Å². The van der Waals surface area contributed by atoms with Crippen LogP contribution in [0.25, 0.3) is 11.0 Å². The zero-order valence-electron chi connectivity index (χ0n) is 14.5. The number of carbonyl (C=O) groups is 1. The Labute approximate surface area is 158 Å². The van der Waals surface area contributed by atoms with E-state index in [2.05, 4.69) is 15.9 Å². The monoisotopic (exact) mass is 416 g/mol. The lowest BCUT2D eigenvalue weighted by Crippen LogP contribution is -2.25. The largest absolute Gasteiger partial charge is 0.460 e. The van der Waals surface area contributed by atoms with Gasteiger partial charge < -0.3 is 13.9 Å². The highest BCUT2D eigenvalue weighted by Crippen LogP contribution is 2.29. The van der Waals surface area contributed by atoms with E-state index in [4.69, 9.17) is 13.9 Å². The fraction of sp³-hybridized carbons (Fsp3) is 0.200. The highest BCUT2D eigenvalue weighted by atomic mass is 79.9. The molecule has 3 rings (SSSR count). The molecule has 0 saturated heterocycles. The maximum absolute atomic E-state index is 12.6. The second kappa shape index (κ2) is 6.96. The molecular weight excluding hydrogens is 400 g/mol. The average molecular weight is 417 g/mol. The number of esters is 1. The minimum absolute atomic E-state index is 0.0730. The van der Waals surface area contributed by atoms with Gasteiger partial charge >= 0.3 is 5.97 Å². The van der Waals surface area contributed by atoms with Crippen molar-refractivity contribution in [2.45, 2.75) is 20.8 Å². The topological polar surface area (TPSA) is 65.7 Å². The molecule has 0 aliphatic rings. The van der Waals surface area contributed by atoms with Crippen LogP contribution in [0.5, 0.6) is 17.2 Å². The van der Waals surface area contributed by atoms with Gasteiger partial charge in [0, 0.05) is 6.07 Å². The molecule has 0 bridgehead atoms. The van der Waals surface area contributed by atoms with Crippen LogP contribution in [0.3, 0.4) is 0 Å². The van der Waals surface area contributed by atoms with Gasteiger partial charge in [-0.25, -0.2) is 0 Å². The van der Waals surface area contributed by atoms with Crippen molar-refractivity contribution in [2.24, 2.45) is 5.41 Å². The van der Waals surface area contributed by atoms with Gasteiger partial charge in [0.2, 0.25) is 11.2 Å². The molecule has 0 aliphatic heterocycles. The Morgan fingerprint density at radius 3 is 2.50 bits per heavy atom. The van der Waals surface area contributed by atoms with Crippen LogP contribution in [0.1, 0.15) is 20.8 Å². The molecule has 3 aromatic rings. The first-order valence-electron chi connectivity index (χ1n) is 7.96. The maximum Gasteiger partial charge on any atom is 0.316 e. The number of hydrogen-bond donors (Lipinski definition) is 0. The summed E-state index contributed by atoms with van der Waals surface area (Å²) in [5.41, 5.74) is -0.624. The molecule has 26 heavy (non-hydrogen) atoms. The summed E-state index contributed by atoms with van der Waals surface area (Å²) in [6.07, 6.45) is 1.25. The predicted octanol–water partition coefficient (Wildman–Crippen LogP) is 5.30. The van der Waals surface area contributed by atoms with E-state index in [0.29, 0.717) is 22.5 Å². The summed E-state index contributed by atoms with van der Waals surface area (Å²) in [6.45, 7) is 5.30. The number of halogens is 1. The van der Waals surface area contributed by atoms with E-state index < -0.39 is 5.41 Å². The van der Waals surface area contributed by atoms with Crippen LogP contribution in [0, 0.1) is 5.41 Å². The van der Waals surface area contributed by atoms with Crippen molar-refractivity contribution in [1.82, 2.24) is 0 Å². The summed E-state index contributed by atoms with van der Waals surface area (Å²) >= 11 is 3.37. The first-order chi connectivity index (χ1) is 12.3. The molecule has 1 heterocycles. The minimum atomic E-state index is -0.628. The molecule has 0 aliphatic carbocycles. The lowest BCUT2D eigenvalue weighted by Gasteiger charge is -2.16. The van der Waals surface area contributed by atoms with Gasteiger partial charge in [-0.15, -0.1) is 0 Å². The summed E-state index contributed by atoms with van der Waals surface area (Å²) in [5, 5.41) is 0.338. The molecule has 0 atom stereocenters. The average Bonchev–Trinajstić information content (AvgIpc) is 2.58. The smallest absolute Gasteiger partial charge is 0.316 e. The van der Waals surface area contributed by atoms with Crippen LogP contribution in [0.4, 0.5) is 0 Å². The van der Waals surface area contributed by atoms with Crippen molar-refractivity contribution in [3.63, 3.8) is 0 Å². The Hall–Kier alpha value is -2.60. The van der Waals surface area contributed by atoms with E-state index in [1.165, 1.54) is 12.3 Å². The molecular formula is C20H17BrO5. The Balaban J connectivity index is 1.93. The summed E-state index contributed by atoms with van der Waals surface area (Å²) in [4.78, 5) is 24.6. The standard InChI is InChI=1S/C20H17BrO5/c1-20(2,3)19(23)25-12-8-9-13-16(10-12)24-11-17(18(13)22)26-15-7-5-4-6-14(15)21/h4-11H,1-3H3. The first kappa shape index (κ1) is 18.2. The molecule has 6 heteroatoms. The quantitative estimate of drug-likeness (QED) is 0.428. The van der Waals surface area contributed by atoms with E-state index in [1.54, 1.807) is 45.0 Å². The third-order valence-electron chi connectivity index (χ3n) is 3.59. The van der Waals surface area contributed by atoms with E-state index in [9.17, 15) is 9.59 Å². The SMILES string of the molecule is CC(C)(C)C(=O)Oc1ccc2c(=O)c(Oc3ccccc3Br)coc2c1. The molecule has 0 radical (unpaired) electrons. The van der Waals surface area contributed by atoms with Gasteiger partial charge in [0.15, 0.2) is 0 Å². The van der Waals surface area contributed by atoms with Crippen LogP contribution in [-0.4, -0.2) is 5.97 Å². The minimum Gasteiger partial charge on any atom is -0.460 e. The third-order valence-corrected chi connectivity index (χ3v) is 4.25. The predicted molar refractivity (Wildman–Crippen MR) is 102 cm³/mol. The van der Waals surface area contributed by atoms with Crippen LogP contribution >= 0.6 is 15.9 Å². The van der Waals surface area contributed by atoms with Crippen molar-refractivity contribution in [2.75, 3.05) is 0 Å². The lowest BCUT2D eigenvalue weighted by atomic mass is 9.97. The number of para-hydroxylation sites is 1. The zero-order valence-corrected chi connectivity index (χ0v) is 16.1. The Morgan fingerprint density at radius 2 is 1.81 bits per heavy atom. The normalized spacial score (nSPS) is 11.4. The molecule has 0 amide bonds. The lowest BCUT2D eigenvalue weighted by molar-refractivity contribution is -0.142. The summed E-state index contributed by atoms with van der Waals surface area (Å²) in [6, 6.07) is 11.8. The van der Waals surface area contributed by atoms with Crippen LogP contribution in [-0.2, 0) is 4.79 Å². The number of ether oxygens (including phenoxy) is 2. The van der Waals surface area contributed by atoms with Crippen molar-refractivity contribution >= 4 is 32.9 Å². The number of benzene rings is 2. The zero-order chi connectivity index (χ0) is 18.9. The fourth-order valence-electron chi connectivity index (χ4n) is 2.13. The molecule has 0 N–H and O–H groups in total. The maximum atomic E-state index is 12.6. The number of rotatable bonds is 3. The van der Waals surface area contributed by atoms with Crippen LogP contribution in [0.2, 0.25) is 0 Å². The molecule has 2 aromatic carbocycles. The first-order valence-corrected chi connectivity index (χ1v) is 8.75. The summed E-state index contributed by atoms with van der Waals surface area (Å²) in [7, 11) is 0. The van der Waals surface area contributed by atoms with Gasteiger partial charge in [-0.1, -0.05) is 12.1 Å². The fourth-order valence-corrected chi connectivity index (χ4v) is 2.50. The Kier molecular flexibility index (Phi) is 4.87. The number of hydrogen-bond acceptors (Lipinski definition) is 5. The molecule has 0 unspecified atom stereocenters. The second-order valence-electron chi connectivity index (χ2n) is 6.76. The van der Waals surface area contributed by atoms with Gasteiger partial charge in [-0.3, -0.25) is 9.59 Å². The molecule has 0 fully saturated rings. The second-order valence-corrected chi connectivity index (χ2v) is 7.61. The van der Waals surface area contributed by atoms with Gasteiger partial charge in [0.1, 0.15) is 23.3 Å². The Morgan fingerprint density at radius 1 is 1.08 bits per heavy atom. The van der Waals surface area contributed by atoms with E-state index in [0.717, 1.165) is 4.47 Å². The highest BCUT2D eigenvalue weighted by molar-refractivity contribution is 9.10. The molecule has 134 valence electrons. The third kappa shape index (κ3) is 3.80. The molecule has 0 spiro atoms.